The van der Waals surface area contributed by atoms with Crippen molar-refractivity contribution in [2.24, 2.45) is 5.92 Å². The van der Waals surface area contributed by atoms with Gasteiger partial charge in [-0.05, 0) is 24.6 Å². The van der Waals surface area contributed by atoms with Crippen LogP contribution in [-0.2, 0) is 14.8 Å². The van der Waals surface area contributed by atoms with E-state index >= 15 is 0 Å². The van der Waals surface area contributed by atoms with Crippen molar-refractivity contribution < 1.29 is 23.1 Å². The zero-order valence-corrected chi connectivity index (χ0v) is 15.2. The minimum Gasteiger partial charge on any atom is -0.481 e. The summed E-state index contributed by atoms with van der Waals surface area (Å²) in [5.74, 6) is -2.22. The first-order valence-corrected chi connectivity index (χ1v) is 9.20. The number of hydrogen-bond acceptors (Lipinski definition) is 4. The quantitative estimate of drug-likeness (QED) is 0.734. The molecule has 0 aliphatic rings. The molecule has 0 aromatic heterocycles. The summed E-state index contributed by atoms with van der Waals surface area (Å²) in [6.07, 6.45) is 0. The van der Waals surface area contributed by atoms with Gasteiger partial charge in [-0.25, -0.2) is 8.42 Å². The minimum absolute atomic E-state index is 0.0272. The van der Waals surface area contributed by atoms with Crippen LogP contribution < -0.4 is 5.32 Å². The number of amides is 1. The highest BCUT2D eigenvalue weighted by Gasteiger charge is 2.23. The minimum atomic E-state index is -3.66. The van der Waals surface area contributed by atoms with Crippen molar-refractivity contribution in [1.82, 2.24) is 9.62 Å². The van der Waals surface area contributed by atoms with Gasteiger partial charge in [0, 0.05) is 25.2 Å². The van der Waals surface area contributed by atoms with Gasteiger partial charge in [0.2, 0.25) is 10.0 Å². The lowest BCUT2D eigenvalue weighted by Crippen LogP contribution is -2.33. The first-order valence-electron chi connectivity index (χ1n) is 7.76. The second-order valence-corrected chi connectivity index (χ2v) is 7.45. The van der Waals surface area contributed by atoms with E-state index in [-0.39, 0.29) is 17.0 Å². The number of carboxylic acids is 1. The molecule has 1 amide bonds. The molecule has 0 spiro atoms. The number of hydrogen-bond donors (Lipinski definition) is 2. The van der Waals surface area contributed by atoms with Crippen LogP contribution in [0.5, 0.6) is 0 Å². The molecule has 8 heteroatoms. The van der Waals surface area contributed by atoms with Gasteiger partial charge < -0.3 is 10.4 Å². The van der Waals surface area contributed by atoms with Crippen LogP contribution >= 0.6 is 0 Å². The molecule has 1 rings (SSSR count). The van der Waals surface area contributed by atoms with Crippen LogP contribution in [0.2, 0.25) is 0 Å². The molecule has 0 saturated carbocycles. The molecule has 7 nitrogen and oxygen atoms in total. The topological polar surface area (TPSA) is 104 Å². The van der Waals surface area contributed by atoms with E-state index in [4.69, 9.17) is 5.11 Å². The van der Waals surface area contributed by atoms with E-state index in [1.807, 2.05) is 0 Å². The Morgan fingerprint density at radius 1 is 1.25 bits per heavy atom. The Morgan fingerprint density at radius 3 is 2.33 bits per heavy atom. The van der Waals surface area contributed by atoms with Crippen molar-refractivity contribution in [3.8, 4) is 0 Å². The summed E-state index contributed by atoms with van der Waals surface area (Å²) in [6.45, 7) is 7.32. The predicted octanol–water partition coefficient (Wildman–Crippen LogP) is 1.48. The summed E-state index contributed by atoms with van der Waals surface area (Å²) in [5, 5.41) is 11.4. The Labute approximate surface area is 142 Å². The van der Waals surface area contributed by atoms with Crippen LogP contribution in [0.1, 0.15) is 36.7 Å². The molecule has 0 radical (unpaired) electrons. The number of benzene rings is 1. The van der Waals surface area contributed by atoms with Gasteiger partial charge in [-0.3, -0.25) is 9.59 Å². The third-order valence-corrected chi connectivity index (χ3v) is 5.83. The molecule has 0 aliphatic heterocycles. The third kappa shape index (κ3) is 4.55. The number of carbonyl (C=O) groups is 2. The van der Waals surface area contributed by atoms with E-state index in [0.717, 1.165) is 0 Å². The van der Waals surface area contributed by atoms with Gasteiger partial charge in [0.25, 0.3) is 5.91 Å². The summed E-state index contributed by atoms with van der Waals surface area (Å²) in [5.41, 5.74) is 0.842. The first-order chi connectivity index (χ1) is 11.1. The molecule has 1 aromatic rings. The highest BCUT2D eigenvalue weighted by molar-refractivity contribution is 7.89. The lowest BCUT2D eigenvalue weighted by atomic mass is 10.1. The molecule has 2 N–H and O–H groups in total. The van der Waals surface area contributed by atoms with Crippen molar-refractivity contribution in [2.75, 3.05) is 19.6 Å². The predicted molar refractivity (Wildman–Crippen MR) is 90.4 cm³/mol. The number of sulfonamides is 1. The van der Waals surface area contributed by atoms with Crippen molar-refractivity contribution in [2.45, 2.75) is 32.6 Å². The van der Waals surface area contributed by atoms with Crippen molar-refractivity contribution >= 4 is 21.9 Å². The molecular formula is C16H24N2O5S. The molecule has 0 bridgehead atoms. The third-order valence-electron chi connectivity index (χ3n) is 3.79. The second kappa shape index (κ2) is 8.25. The molecule has 1 atom stereocenters. The fourth-order valence-electron chi connectivity index (χ4n) is 2.15. The highest BCUT2D eigenvalue weighted by Crippen LogP contribution is 2.19. The highest BCUT2D eigenvalue weighted by atomic mass is 32.2. The number of rotatable bonds is 8. The molecule has 134 valence electrons. The van der Waals surface area contributed by atoms with Crippen LogP contribution in [0.4, 0.5) is 0 Å². The maximum atomic E-state index is 12.6. The summed E-state index contributed by atoms with van der Waals surface area (Å²) in [6, 6.07) is 4.38. The van der Waals surface area contributed by atoms with E-state index < -0.39 is 27.8 Å². The Morgan fingerprint density at radius 2 is 1.83 bits per heavy atom. The normalized spacial score (nSPS) is 12.9. The first kappa shape index (κ1) is 20.1. The van der Waals surface area contributed by atoms with Crippen LogP contribution in [0.25, 0.3) is 0 Å². The monoisotopic (exact) mass is 356 g/mol. The summed E-state index contributed by atoms with van der Waals surface area (Å²) in [4.78, 5) is 23.1. The van der Waals surface area contributed by atoms with Crippen LogP contribution in [0.3, 0.4) is 0 Å². The maximum absolute atomic E-state index is 12.6. The van der Waals surface area contributed by atoms with Gasteiger partial charge in [-0.1, -0.05) is 26.8 Å². The smallest absolute Gasteiger partial charge is 0.308 e. The number of carbonyl (C=O) groups excluding carboxylic acids is 1. The average molecular weight is 356 g/mol. The number of nitrogens with zero attached hydrogens (tertiary/aromatic N) is 1. The fourth-order valence-corrected chi connectivity index (χ4v) is 3.63. The zero-order valence-electron chi connectivity index (χ0n) is 14.4. The van der Waals surface area contributed by atoms with E-state index in [1.165, 1.54) is 23.4 Å². The van der Waals surface area contributed by atoms with Gasteiger partial charge in [0.15, 0.2) is 0 Å². The molecule has 1 aromatic carbocycles. The lowest BCUT2D eigenvalue weighted by Gasteiger charge is -2.19. The maximum Gasteiger partial charge on any atom is 0.308 e. The van der Waals surface area contributed by atoms with Crippen molar-refractivity contribution in [3.63, 3.8) is 0 Å². The lowest BCUT2D eigenvalue weighted by molar-refractivity contribution is -0.140. The van der Waals surface area contributed by atoms with Gasteiger partial charge in [0.1, 0.15) is 0 Å². The molecule has 0 fully saturated rings. The number of nitrogens with one attached hydrogen (secondary N) is 1. The largest absolute Gasteiger partial charge is 0.481 e. The van der Waals surface area contributed by atoms with E-state index in [9.17, 15) is 18.0 Å². The standard InChI is InChI=1S/C16H24N2O5S/c1-5-18(6-2)24(22,23)13-8-7-11(3)14(9-13)15(19)17-10-12(4)16(20)21/h7-9,12H,5-6,10H2,1-4H3,(H,17,19)(H,20,21). The SMILES string of the molecule is CCN(CC)S(=O)(=O)c1ccc(C)c(C(=O)NCC(C)C(=O)O)c1. The van der Waals surface area contributed by atoms with Crippen molar-refractivity contribution in [1.29, 1.82) is 0 Å². The van der Waals surface area contributed by atoms with E-state index in [2.05, 4.69) is 5.32 Å². The fraction of sp³-hybridized carbons (Fsp3) is 0.500. The molecule has 24 heavy (non-hydrogen) atoms. The number of carboxylic acid groups (broad SMARTS) is 1. The molecule has 0 saturated heterocycles. The zero-order chi connectivity index (χ0) is 18.5. The van der Waals surface area contributed by atoms with E-state index in [1.54, 1.807) is 26.8 Å². The van der Waals surface area contributed by atoms with Crippen LogP contribution in [0, 0.1) is 12.8 Å². The second-order valence-electron chi connectivity index (χ2n) is 5.52. The number of aliphatic carboxylic acids is 1. The Kier molecular flexibility index (Phi) is 6.92. The summed E-state index contributed by atoms with van der Waals surface area (Å²) in [7, 11) is -3.66. The Bertz CT molecular complexity index is 711. The molecular weight excluding hydrogens is 332 g/mol. The molecule has 0 heterocycles. The van der Waals surface area contributed by atoms with Gasteiger partial charge in [0.05, 0.1) is 10.8 Å². The Hall–Kier alpha value is -1.93. The van der Waals surface area contributed by atoms with Crippen LogP contribution in [0.15, 0.2) is 23.1 Å². The summed E-state index contributed by atoms with van der Waals surface area (Å²) >= 11 is 0. The molecule has 1 unspecified atom stereocenters. The molecule has 0 aliphatic carbocycles. The van der Waals surface area contributed by atoms with E-state index in [0.29, 0.717) is 18.7 Å². The summed E-state index contributed by atoms with van der Waals surface area (Å²) < 4.78 is 26.4. The van der Waals surface area contributed by atoms with Gasteiger partial charge in [-0.15, -0.1) is 0 Å². The van der Waals surface area contributed by atoms with Gasteiger partial charge in [-0.2, -0.15) is 4.31 Å². The van der Waals surface area contributed by atoms with Gasteiger partial charge >= 0.3 is 5.97 Å². The van der Waals surface area contributed by atoms with Crippen LogP contribution in [-0.4, -0.2) is 49.3 Å². The Balaban J connectivity index is 3.10. The van der Waals surface area contributed by atoms with Crippen molar-refractivity contribution in [3.05, 3.63) is 29.3 Å². The average Bonchev–Trinajstić information content (AvgIpc) is 2.53. The number of aryl methyl sites for hydroxylation is 1.